The van der Waals surface area contributed by atoms with Crippen molar-refractivity contribution >= 4 is 5.91 Å². The van der Waals surface area contributed by atoms with Crippen molar-refractivity contribution in [3.05, 3.63) is 30.4 Å². The van der Waals surface area contributed by atoms with Crippen LogP contribution in [0.3, 0.4) is 0 Å². The Hall–Kier alpha value is -2.22. The van der Waals surface area contributed by atoms with Gasteiger partial charge < -0.3 is 18.7 Å². The lowest BCUT2D eigenvalue weighted by atomic mass is 10.1. The third-order valence-electron chi connectivity index (χ3n) is 4.38. The van der Waals surface area contributed by atoms with Gasteiger partial charge >= 0.3 is 0 Å². The van der Waals surface area contributed by atoms with E-state index in [2.05, 4.69) is 29.0 Å². The highest BCUT2D eigenvalue weighted by atomic mass is 16.5. The van der Waals surface area contributed by atoms with E-state index in [1.165, 1.54) is 0 Å². The molecular formula is C18H27N5O3. The number of hydrogen-bond acceptors (Lipinski definition) is 6. The summed E-state index contributed by atoms with van der Waals surface area (Å²) < 4.78 is 13.0. The molecule has 1 aliphatic heterocycles. The quantitative estimate of drug-likeness (QED) is 0.711. The van der Waals surface area contributed by atoms with Gasteiger partial charge in [0, 0.05) is 38.3 Å². The van der Waals surface area contributed by atoms with Crippen molar-refractivity contribution < 1.29 is 14.1 Å². The molecule has 3 heterocycles. The van der Waals surface area contributed by atoms with Gasteiger partial charge in [0.1, 0.15) is 6.54 Å². The second-order valence-electron chi connectivity index (χ2n) is 7.16. The van der Waals surface area contributed by atoms with Crippen LogP contribution in [0, 0.1) is 5.92 Å². The summed E-state index contributed by atoms with van der Waals surface area (Å²) in [6.07, 6.45) is 8.56. The standard InChI is InChI=1S/C18H27N5O3/c1-14(2)10-17-20-16(21-26-17)5-9-25-15-4-3-7-23(11-15)18(24)12-22-8-6-19-13-22/h6,8,13-15H,3-5,7,9-12H2,1-2H3. The molecule has 8 nitrogen and oxygen atoms in total. The second kappa shape index (κ2) is 8.93. The summed E-state index contributed by atoms with van der Waals surface area (Å²) in [6, 6.07) is 0. The predicted octanol–water partition coefficient (Wildman–Crippen LogP) is 1.71. The number of carbonyl (C=O) groups is 1. The number of imidazole rings is 1. The van der Waals surface area contributed by atoms with Gasteiger partial charge in [-0.15, -0.1) is 0 Å². The Bertz CT molecular complexity index is 683. The topological polar surface area (TPSA) is 86.3 Å². The highest BCUT2D eigenvalue weighted by molar-refractivity contribution is 5.76. The summed E-state index contributed by atoms with van der Waals surface area (Å²) in [4.78, 5) is 22.6. The molecule has 1 unspecified atom stereocenters. The van der Waals surface area contributed by atoms with Gasteiger partial charge in [0.25, 0.3) is 0 Å². The van der Waals surface area contributed by atoms with Crippen LogP contribution in [-0.2, 0) is 28.9 Å². The molecule has 26 heavy (non-hydrogen) atoms. The van der Waals surface area contributed by atoms with Gasteiger partial charge in [0.15, 0.2) is 5.82 Å². The van der Waals surface area contributed by atoms with Crippen LogP contribution in [0.2, 0.25) is 0 Å². The van der Waals surface area contributed by atoms with E-state index >= 15 is 0 Å². The zero-order valence-electron chi connectivity index (χ0n) is 15.5. The van der Waals surface area contributed by atoms with Gasteiger partial charge in [-0.3, -0.25) is 4.79 Å². The summed E-state index contributed by atoms with van der Waals surface area (Å²) in [5.41, 5.74) is 0. The zero-order valence-corrected chi connectivity index (χ0v) is 15.5. The molecule has 0 saturated carbocycles. The zero-order chi connectivity index (χ0) is 18.4. The van der Waals surface area contributed by atoms with E-state index < -0.39 is 0 Å². The van der Waals surface area contributed by atoms with E-state index in [1.54, 1.807) is 23.3 Å². The first-order valence-electron chi connectivity index (χ1n) is 9.26. The molecule has 0 spiro atoms. The van der Waals surface area contributed by atoms with E-state index in [4.69, 9.17) is 9.26 Å². The average molecular weight is 361 g/mol. The minimum atomic E-state index is 0.0672. The lowest BCUT2D eigenvalue weighted by molar-refractivity contribution is -0.136. The van der Waals surface area contributed by atoms with Crippen LogP contribution in [0.15, 0.2) is 23.2 Å². The van der Waals surface area contributed by atoms with Crippen molar-refractivity contribution in [2.45, 2.75) is 52.2 Å². The maximum absolute atomic E-state index is 12.4. The van der Waals surface area contributed by atoms with Gasteiger partial charge in [-0.05, 0) is 18.8 Å². The van der Waals surface area contributed by atoms with E-state index in [0.717, 1.165) is 25.8 Å². The van der Waals surface area contributed by atoms with Crippen LogP contribution in [0.4, 0.5) is 0 Å². The molecule has 0 N–H and O–H groups in total. The number of nitrogens with zero attached hydrogens (tertiary/aromatic N) is 5. The summed E-state index contributed by atoms with van der Waals surface area (Å²) in [7, 11) is 0. The van der Waals surface area contributed by atoms with Gasteiger partial charge in [-0.25, -0.2) is 4.98 Å². The third kappa shape index (κ3) is 5.39. The maximum atomic E-state index is 12.4. The van der Waals surface area contributed by atoms with Crippen molar-refractivity contribution in [1.29, 1.82) is 0 Å². The summed E-state index contributed by atoms with van der Waals surface area (Å²) in [6.45, 7) is 6.53. The molecule has 8 heteroatoms. The Kier molecular flexibility index (Phi) is 6.38. The predicted molar refractivity (Wildman–Crippen MR) is 94.3 cm³/mol. The lowest BCUT2D eigenvalue weighted by Gasteiger charge is -2.32. The third-order valence-corrected chi connectivity index (χ3v) is 4.38. The minimum absolute atomic E-state index is 0.0672. The van der Waals surface area contributed by atoms with Crippen molar-refractivity contribution in [2.75, 3.05) is 19.7 Å². The molecule has 1 saturated heterocycles. The minimum Gasteiger partial charge on any atom is -0.376 e. The van der Waals surface area contributed by atoms with Crippen LogP contribution < -0.4 is 0 Å². The number of aromatic nitrogens is 4. The number of piperidine rings is 1. The highest BCUT2D eigenvalue weighted by Gasteiger charge is 2.24. The molecule has 0 radical (unpaired) electrons. The Balaban J connectivity index is 1.40. The van der Waals surface area contributed by atoms with Gasteiger partial charge in [0.2, 0.25) is 11.8 Å². The molecule has 0 aromatic carbocycles. The van der Waals surface area contributed by atoms with Crippen molar-refractivity contribution in [3.63, 3.8) is 0 Å². The Morgan fingerprint density at radius 2 is 2.35 bits per heavy atom. The molecule has 0 aliphatic carbocycles. The normalized spacial score (nSPS) is 17.8. The Labute approximate surface area is 153 Å². The SMILES string of the molecule is CC(C)Cc1nc(CCOC2CCCN(C(=O)Cn3ccnc3)C2)no1. The fourth-order valence-corrected chi connectivity index (χ4v) is 3.08. The van der Waals surface area contributed by atoms with Gasteiger partial charge in [0.05, 0.1) is 19.0 Å². The van der Waals surface area contributed by atoms with Gasteiger partial charge in [-0.1, -0.05) is 19.0 Å². The molecule has 1 atom stereocenters. The van der Waals surface area contributed by atoms with Gasteiger partial charge in [-0.2, -0.15) is 4.98 Å². The van der Waals surface area contributed by atoms with Crippen LogP contribution in [-0.4, -0.2) is 56.3 Å². The molecule has 1 amide bonds. The number of carbonyl (C=O) groups excluding carboxylic acids is 1. The smallest absolute Gasteiger partial charge is 0.242 e. The number of amides is 1. The fraction of sp³-hybridized carbons (Fsp3) is 0.667. The number of hydrogen-bond donors (Lipinski definition) is 0. The lowest BCUT2D eigenvalue weighted by Crippen LogP contribution is -2.44. The number of likely N-dealkylation sites (tertiary alicyclic amines) is 1. The monoisotopic (exact) mass is 361 g/mol. The molecule has 2 aromatic rings. The van der Waals surface area contributed by atoms with E-state index in [0.29, 0.717) is 43.8 Å². The van der Waals surface area contributed by atoms with Crippen molar-refractivity contribution in [3.8, 4) is 0 Å². The molecule has 3 rings (SSSR count). The van der Waals surface area contributed by atoms with E-state index in [9.17, 15) is 4.79 Å². The molecule has 1 aliphatic rings. The Morgan fingerprint density at radius 3 is 3.12 bits per heavy atom. The Morgan fingerprint density at radius 1 is 1.46 bits per heavy atom. The average Bonchev–Trinajstić information content (AvgIpc) is 3.27. The first-order chi connectivity index (χ1) is 12.6. The number of ether oxygens (including phenoxy) is 1. The first kappa shape index (κ1) is 18.6. The van der Waals surface area contributed by atoms with Crippen LogP contribution >= 0.6 is 0 Å². The molecule has 0 bridgehead atoms. The molecule has 1 fully saturated rings. The van der Waals surface area contributed by atoms with Crippen LogP contribution in [0.1, 0.15) is 38.4 Å². The summed E-state index contributed by atoms with van der Waals surface area (Å²) in [5, 5.41) is 4.00. The van der Waals surface area contributed by atoms with E-state index in [-0.39, 0.29) is 12.0 Å². The maximum Gasteiger partial charge on any atom is 0.242 e. The van der Waals surface area contributed by atoms with Crippen molar-refractivity contribution in [2.24, 2.45) is 5.92 Å². The molecule has 2 aromatic heterocycles. The summed E-state index contributed by atoms with van der Waals surface area (Å²) in [5.74, 6) is 1.97. The highest BCUT2D eigenvalue weighted by Crippen LogP contribution is 2.14. The van der Waals surface area contributed by atoms with E-state index in [1.807, 2.05) is 4.90 Å². The summed E-state index contributed by atoms with van der Waals surface area (Å²) >= 11 is 0. The molecule has 142 valence electrons. The number of rotatable bonds is 8. The van der Waals surface area contributed by atoms with Crippen LogP contribution in [0.25, 0.3) is 0 Å². The molecular weight excluding hydrogens is 334 g/mol. The van der Waals surface area contributed by atoms with Crippen molar-refractivity contribution in [1.82, 2.24) is 24.6 Å². The largest absolute Gasteiger partial charge is 0.376 e. The first-order valence-corrected chi connectivity index (χ1v) is 9.26. The fourth-order valence-electron chi connectivity index (χ4n) is 3.08. The van der Waals surface area contributed by atoms with Crippen LogP contribution in [0.5, 0.6) is 0 Å². The second-order valence-corrected chi connectivity index (χ2v) is 7.16.